The first-order chi connectivity index (χ1) is 9.69. The average molecular weight is 278 g/mol. The summed E-state index contributed by atoms with van der Waals surface area (Å²) in [4.78, 5) is 2.28. The molecule has 0 aliphatic carbocycles. The summed E-state index contributed by atoms with van der Waals surface area (Å²) in [5, 5.41) is 15.0. The highest BCUT2D eigenvalue weighted by atomic mass is 16.5. The number of benzene rings is 1. The zero-order chi connectivity index (χ0) is 14.4. The van der Waals surface area contributed by atoms with Gasteiger partial charge in [0.05, 0.1) is 12.7 Å². The number of nitrogens with zero attached hydrogens (tertiary/aromatic N) is 2. The van der Waals surface area contributed by atoms with Crippen LogP contribution in [0, 0.1) is 0 Å². The molecule has 1 aromatic rings. The van der Waals surface area contributed by atoms with Crippen LogP contribution in [-0.2, 0) is 11.3 Å². The molecule has 0 amide bonds. The summed E-state index contributed by atoms with van der Waals surface area (Å²) in [6, 6.07) is 7.62. The zero-order valence-electron chi connectivity index (χ0n) is 11.7. The predicted octanol–water partition coefficient (Wildman–Crippen LogP) is 0.201. The van der Waals surface area contributed by atoms with Gasteiger partial charge in [0, 0.05) is 31.7 Å². The molecule has 1 aliphatic rings. The van der Waals surface area contributed by atoms with E-state index in [2.05, 4.69) is 22.4 Å². The van der Waals surface area contributed by atoms with Crippen LogP contribution in [-0.4, -0.2) is 55.3 Å². The van der Waals surface area contributed by atoms with Crippen molar-refractivity contribution >= 4 is 5.84 Å². The number of nitrogens with one attached hydrogen (secondary N) is 1. The molecule has 4 N–H and O–H groups in total. The molecule has 1 atom stereocenters. The van der Waals surface area contributed by atoms with E-state index in [0.29, 0.717) is 5.56 Å². The van der Waals surface area contributed by atoms with Gasteiger partial charge in [-0.1, -0.05) is 29.4 Å². The van der Waals surface area contributed by atoms with Crippen LogP contribution < -0.4 is 11.1 Å². The number of amidine groups is 1. The largest absolute Gasteiger partial charge is 0.409 e. The van der Waals surface area contributed by atoms with Gasteiger partial charge in [-0.2, -0.15) is 0 Å². The van der Waals surface area contributed by atoms with Gasteiger partial charge >= 0.3 is 0 Å². The summed E-state index contributed by atoms with van der Waals surface area (Å²) in [6.07, 6.45) is 0.255. The highest BCUT2D eigenvalue weighted by Gasteiger charge is 2.16. The van der Waals surface area contributed by atoms with Crippen molar-refractivity contribution in [3.63, 3.8) is 0 Å². The normalized spacial score (nSPS) is 21.1. The van der Waals surface area contributed by atoms with Gasteiger partial charge in [0.2, 0.25) is 0 Å². The maximum Gasteiger partial charge on any atom is 0.170 e. The van der Waals surface area contributed by atoms with Crippen LogP contribution in [0.2, 0.25) is 0 Å². The van der Waals surface area contributed by atoms with Crippen LogP contribution in [0.15, 0.2) is 29.4 Å². The second-order valence-corrected chi connectivity index (χ2v) is 5.07. The number of oxime groups is 1. The third-order valence-electron chi connectivity index (χ3n) is 3.40. The van der Waals surface area contributed by atoms with Gasteiger partial charge in [-0.05, 0) is 12.6 Å². The van der Waals surface area contributed by atoms with Crippen molar-refractivity contribution < 1.29 is 9.94 Å². The van der Waals surface area contributed by atoms with Gasteiger partial charge in [-0.25, -0.2) is 0 Å². The molecule has 0 bridgehead atoms. The Morgan fingerprint density at radius 3 is 2.90 bits per heavy atom. The lowest BCUT2D eigenvalue weighted by molar-refractivity contribution is -0.0182. The van der Waals surface area contributed by atoms with E-state index < -0.39 is 0 Å². The summed E-state index contributed by atoms with van der Waals surface area (Å²) in [5.74, 6) is 0.128. The number of hydrogen-bond acceptors (Lipinski definition) is 5. The summed E-state index contributed by atoms with van der Waals surface area (Å²) >= 11 is 0. The molecular weight excluding hydrogens is 256 g/mol. The molecule has 1 aliphatic heterocycles. The zero-order valence-corrected chi connectivity index (χ0v) is 11.7. The van der Waals surface area contributed by atoms with E-state index in [4.69, 9.17) is 15.7 Å². The maximum atomic E-state index is 8.60. The smallest absolute Gasteiger partial charge is 0.170 e. The van der Waals surface area contributed by atoms with E-state index in [1.807, 2.05) is 24.3 Å². The Morgan fingerprint density at radius 2 is 2.25 bits per heavy atom. The molecule has 110 valence electrons. The first-order valence-electron chi connectivity index (χ1n) is 6.76. The van der Waals surface area contributed by atoms with Crippen LogP contribution in [0.25, 0.3) is 0 Å². The number of likely N-dealkylation sites (N-methyl/N-ethyl adjacent to an activating group) is 1. The molecule has 1 aromatic carbocycles. The van der Waals surface area contributed by atoms with Crippen molar-refractivity contribution in [2.24, 2.45) is 10.9 Å². The molecule has 1 heterocycles. The minimum atomic E-state index is 0.128. The Morgan fingerprint density at radius 1 is 1.50 bits per heavy atom. The Labute approximate surface area is 119 Å². The Balaban J connectivity index is 1.76. The van der Waals surface area contributed by atoms with Gasteiger partial charge in [-0.15, -0.1) is 0 Å². The van der Waals surface area contributed by atoms with Crippen LogP contribution in [0.5, 0.6) is 0 Å². The van der Waals surface area contributed by atoms with Crippen molar-refractivity contribution in [1.29, 1.82) is 0 Å². The molecule has 6 nitrogen and oxygen atoms in total. The minimum Gasteiger partial charge on any atom is -0.409 e. The van der Waals surface area contributed by atoms with Gasteiger partial charge in [-0.3, -0.25) is 0 Å². The molecule has 0 aromatic heterocycles. The first kappa shape index (κ1) is 14.8. The van der Waals surface area contributed by atoms with E-state index in [0.717, 1.165) is 38.3 Å². The monoisotopic (exact) mass is 278 g/mol. The van der Waals surface area contributed by atoms with Gasteiger partial charge < -0.3 is 25.9 Å². The van der Waals surface area contributed by atoms with Gasteiger partial charge in [0.15, 0.2) is 5.84 Å². The van der Waals surface area contributed by atoms with E-state index in [1.54, 1.807) is 0 Å². The first-order valence-corrected chi connectivity index (χ1v) is 6.76. The molecule has 0 radical (unpaired) electrons. The van der Waals surface area contributed by atoms with E-state index in [9.17, 15) is 0 Å². The average Bonchev–Trinajstić information content (AvgIpc) is 2.47. The summed E-state index contributed by atoms with van der Waals surface area (Å²) < 4.78 is 5.69. The second-order valence-electron chi connectivity index (χ2n) is 5.07. The highest BCUT2D eigenvalue weighted by Crippen LogP contribution is 2.05. The van der Waals surface area contributed by atoms with Crippen LogP contribution in [0.1, 0.15) is 11.1 Å². The number of nitrogens with two attached hydrogens (primary N) is 1. The Kier molecular flexibility index (Phi) is 5.34. The summed E-state index contributed by atoms with van der Waals surface area (Å²) in [6.45, 7) is 4.39. The van der Waals surface area contributed by atoms with Gasteiger partial charge in [0.25, 0.3) is 0 Å². The lowest BCUT2D eigenvalue weighted by Gasteiger charge is -2.30. The van der Waals surface area contributed by atoms with Crippen LogP contribution in [0.4, 0.5) is 0 Å². The fourth-order valence-corrected chi connectivity index (χ4v) is 2.22. The molecular formula is C14H22N4O2. The molecule has 20 heavy (non-hydrogen) atoms. The molecule has 6 heteroatoms. The quantitative estimate of drug-likeness (QED) is 0.310. The van der Waals surface area contributed by atoms with Crippen molar-refractivity contribution in [3.8, 4) is 0 Å². The fraction of sp³-hybridized carbons (Fsp3) is 0.500. The molecule has 0 spiro atoms. The lowest BCUT2D eigenvalue weighted by atomic mass is 10.1. The number of ether oxygens (including phenoxy) is 1. The molecule has 1 unspecified atom stereocenters. The number of hydrogen-bond donors (Lipinski definition) is 3. The van der Waals surface area contributed by atoms with E-state index in [1.165, 1.54) is 0 Å². The fourth-order valence-electron chi connectivity index (χ4n) is 2.22. The summed E-state index contributed by atoms with van der Waals surface area (Å²) in [5.41, 5.74) is 7.39. The lowest BCUT2D eigenvalue weighted by Crippen LogP contribution is -2.44. The third-order valence-corrected chi connectivity index (χ3v) is 3.40. The topological polar surface area (TPSA) is 83.1 Å². The van der Waals surface area contributed by atoms with Crippen molar-refractivity contribution in [2.75, 3.05) is 33.3 Å². The van der Waals surface area contributed by atoms with Crippen LogP contribution >= 0.6 is 0 Å². The summed E-state index contributed by atoms with van der Waals surface area (Å²) in [7, 11) is 2.11. The second kappa shape index (κ2) is 7.23. The maximum absolute atomic E-state index is 8.60. The molecule has 2 rings (SSSR count). The SMILES string of the molecule is CN1CCOC(CNCc2ccc(C(N)=NO)cc2)C1. The standard InChI is InChI=1S/C14H22N4O2/c1-18-6-7-20-13(10-18)9-16-8-11-2-4-12(5-3-11)14(15)17-19/h2-5,13,16,19H,6-10H2,1H3,(H2,15,17). The highest BCUT2D eigenvalue weighted by molar-refractivity contribution is 5.96. The third kappa shape index (κ3) is 4.19. The van der Waals surface area contributed by atoms with Crippen molar-refractivity contribution in [1.82, 2.24) is 10.2 Å². The van der Waals surface area contributed by atoms with E-state index >= 15 is 0 Å². The van der Waals surface area contributed by atoms with Crippen LogP contribution in [0.3, 0.4) is 0 Å². The Bertz CT molecular complexity index is 447. The van der Waals surface area contributed by atoms with Crippen molar-refractivity contribution in [3.05, 3.63) is 35.4 Å². The Hall–Kier alpha value is -1.63. The predicted molar refractivity (Wildman–Crippen MR) is 77.9 cm³/mol. The molecule has 0 saturated carbocycles. The number of rotatable bonds is 5. The number of morpholine rings is 1. The molecule has 1 fully saturated rings. The van der Waals surface area contributed by atoms with Crippen molar-refractivity contribution in [2.45, 2.75) is 12.6 Å². The van der Waals surface area contributed by atoms with Gasteiger partial charge in [0.1, 0.15) is 0 Å². The van der Waals surface area contributed by atoms with E-state index in [-0.39, 0.29) is 11.9 Å². The molecule has 1 saturated heterocycles. The minimum absolute atomic E-state index is 0.128.